The summed E-state index contributed by atoms with van der Waals surface area (Å²) in [7, 11) is 0. The summed E-state index contributed by atoms with van der Waals surface area (Å²) in [4.78, 5) is 2.67. The molecule has 17 heavy (non-hydrogen) atoms. The van der Waals surface area contributed by atoms with Gasteiger partial charge in [-0.15, -0.1) is 0 Å². The van der Waals surface area contributed by atoms with Crippen LogP contribution in [0.15, 0.2) is 30.3 Å². The topological polar surface area (TPSA) is 15.3 Å². The highest BCUT2D eigenvalue weighted by molar-refractivity contribution is 5.14. The van der Waals surface area contributed by atoms with Gasteiger partial charge in [-0.3, -0.25) is 4.90 Å². The SMILES string of the molecule is c1ccc(CCNC2CCN(C3CC3)C2)cc1. The standard InChI is InChI=1S/C15H22N2/c1-2-4-13(5-3-1)8-10-16-14-9-11-17(12-14)15-6-7-15/h1-5,14-16H,6-12H2. The van der Waals surface area contributed by atoms with Crippen LogP contribution in [0.2, 0.25) is 0 Å². The quantitative estimate of drug-likeness (QED) is 0.833. The second-order valence-corrected chi connectivity index (χ2v) is 5.40. The Hall–Kier alpha value is -0.860. The van der Waals surface area contributed by atoms with Gasteiger partial charge in [0.15, 0.2) is 0 Å². The molecule has 1 aliphatic heterocycles. The molecular weight excluding hydrogens is 208 g/mol. The minimum Gasteiger partial charge on any atom is -0.312 e. The average Bonchev–Trinajstić information content (AvgIpc) is 3.11. The van der Waals surface area contributed by atoms with E-state index in [0.717, 1.165) is 25.0 Å². The normalized spacial score (nSPS) is 25.3. The molecule has 1 aromatic rings. The van der Waals surface area contributed by atoms with Crippen LogP contribution in [0.5, 0.6) is 0 Å². The van der Waals surface area contributed by atoms with E-state index in [1.54, 1.807) is 0 Å². The predicted octanol–water partition coefficient (Wildman–Crippen LogP) is 2.06. The lowest BCUT2D eigenvalue weighted by atomic mass is 10.1. The first-order chi connectivity index (χ1) is 8.42. The summed E-state index contributed by atoms with van der Waals surface area (Å²) in [5.41, 5.74) is 1.44. The van der Waals surface area contributed by atoms with E-state index in [2.05, 4.69) is 40.5 Å². The Labute approximate surface area is 104 Å². The maximum absolute atomic E-state index is 3.70. The summed E-state index contributed by atoms with van der Waals surface area (Å²) >= 11 is 0. The van der Waals surface area contributed by atoms with Crippen LogP contribution in [0.1, 0.15) is 24.8 Å². The molecule has 2 heteroatoms. The molecule has 3 rings (SSSR count). The van der Waals surface area contributed by atoms with Crippen LogP contribution >= 0.6 is 0 Å². The molecule has 1 N–H and O–H groups in total. The van der Waals surface area contributed by atoms with Crippen LogP contribution < -0.4 is 5.32 Å². The first-order valence-corrected chi connectivity index (χ1v) is 6.93. The van der Waals surface area contributed by atoms with Crippen LogP contribution in [-0.2, 0) is 6.42 Å². The smallest absolute Gasteiger partial charge is 0.0207 e. The number of hydrogen-bond donors (Lipinski definition) is 1. The van der Waals surface area contributed by atoms with Crippen LogP contribution in [-0.4, -0.2) is 36.6 Å². The van der Waals surface area contributed by atoms with Gasteiger partial charge in [0.2, 0.25) is 0 Å². The molecule has 2 nitrogen and oxygen atoms in total. The third-order valence-corrected chi connectivity index (χ3v) is 3.97. The van der Waals surface area contributed by atoms with Gasteiger partial charge in [0.05, 0.1) is 0 Å². The molecule has 92 valence electrons. The molecule has 0 amide bonds. The minimum absolute atomic E-state index is 0.735. The van der Waals surface area contributed by atoms with Gasteiger partial charge in [-0.2, -0.15) is 0 Å². The Morgan fingerprint density at radius 3 is 2.71 bits per heavy atom. The van der Waals surface area contributed by atoms with Crippen molar-refractivity contribution < 1.29 is 0 Å². The van der Waals surface area contributed by atoms with E-state index in [0.29, 0.717) is 0 Å². The third kappa shape index (κ3) is 3.08. The fourth-order valence-corrected chi connectivity index (χ4v) is 2.79. The van der Waals surface area contributed by atoms with Gasteiger partial charge in [-0.25, -0.2) is 0 Å². The summed E-state index contributed by atoms with van der Waals surface area (Å²) in [6.45, 7) is 3.71. The highest BCUT2D eigenvalue weighted by atomic mass is 15.2. The van der Waals surface area contributed by atoms with E-state index < -0.39 is 0 Å². The fraction of sp³-hybridized carbons (Fsp3) is 0.600. The molecule has 2 aliphatic rings. The average molecular weight is 230 g/mol. The molecule has 1 unspecified atom stereocenters. The lowest BCUT2D eigenvalue weighted by Crippen LogP contribution is -2.34. The number of nitrogens with zero attached hydrogens (tertiary/aromatic N) is 1. The van der Waals surface area contributed by atoms with Crippen molar-refractivity contribution in [1.29, 1.82) is 0 Å². The lowest BCUT2D eigenvalue weighted by molar-refractivity contribution is 0.318. The summed E-state index contributed by atoms with van der Waals surface area (Å²) in [6.07, 6.45) is 5.37. The Kier molecular flexibility index (Phi) is 3.44. The highest BCUT2D eigenvalue weighted by Crippen LogP contribution is 2.29. The molecule has 0 bridgehead atoms. The van der Waals surface area contributed by atoms with Crippen LogP contribution in [0.25, 0.3) is 0 Å². The van der Waals surface area contributed by atoms with Crippen molar-refractivity contribution in [2.24, 2.45) is 0 Å². The number of benzene rings is 1. The molecule has 1 saturated heterocycles. The van der Waals surface area contributed by atoms with E-state index in [1.165, 1.54) is 37.9 Å². The van der Waals surface area contributed by atoms with Crippen molar-refractivity contribution in [3.63, 3.8) is 0 Å². The van der Waals surface area contributed by atoms with Crippen LogP contribution in [0.4, 0.5) is 0 Å². The first-order valence-electron chi connectivity index (χ1n) is 6.93. The second-order valence-electron chi connectivity index (χ2n) is 5.40. The summed E-state index contributed by atoms with van der Waals surface area (Å²) in [5.74, 6) is 0. The van der Waals surface area contributed by atoms with Crippen molar-refractivity contribution in [1.82, 2.24) is 10.2 Å². The lowest BCUT2D eigenvalue weighted by Gasteiger charge is -2.15. The maximum Gasteiger partial charge on any atom is 0.0207 e. The van der Waals surface area contributed by atoms with E-state index in [9.17, 15) is 0 Å². The maximum atomic E-state index is 3.70. The number of likely N-dealkylation sites (tertiary alicyclic amines) is 1. The van der Waals surface area contributed by atoms with Gasteiger partial charge in [0.1, 0.15) is 0 Å². The van der Waals surface area contributed by atoms with Gasteiger partial charge in [0.25, 0.3) is 0 Å². The summed E-state index contributed by atoms with van der Waals surface area (Å²) in [6, 6.07) is 12.4. The fourth-order valence-electron chi connectivity index (χ4n) is 2.79. The Morgan fingerprint density at radius 2 is 1.94 bits per heavy atom. The molecule has 0 spiro atoms. The van der Waals surface area contributed by atoms with Gasteiger partial charge in [0, 0.05) is 25.2 Å². The van der Waals surface area contributed by atoms with Crippen molar-refractivity contribution in [3.05, 3.63) is 35.9 Å². The molecule has 2 fully saturated rings. The molecule has 1 aliphatic carbocycles. The second kappa shape index (κ2) is 5.19. The van der Waals surface area contributed by atoms with Crippen molar-refractivity contribution in [3.8, 4) is 0 Å². The monoisotopic (exact) mass is 230 g/mol. The first kappa shape index (κ1) is 11.2. The van der Waals surface area contributed by atoms with Crippen molar-refractivity contribution in [2.45, 2.75) is 37.8 Å². The summed E-state index contributed by atoms with van der Waals surface area (Å²) in [5, 5.41) is 3.70. The Balaban J connectivity index is 1.37. The van der Waals surface area contributed by atoms with Crippen molar-refractivity contribution >= 4 is 0 Å². The Bertz CT molecular complexity index is 345. The van der Waals surface area contributed by atoms with E-state index in [-0.39, 0.29) is 0 Å². The number of rotatable bonds is 5. The molecule has 0 radical (unpaired) electrons. The molecule has 1 aromatic carbocycles. The zero-order valence-corrected chi connectivity index (χ0v) is 10.4. The summed E-state index contributed by atoms with van der Waals surface area (Å²) < 4.78 is 0. The van der Waals surface area contributed by atoms with E-state index in [1.807, 2.05) is 0 Å². The van der Waals surface area contributed by atoms with Gasteiger partial charge >= 0.3 is 0 Å². The number of hydrogen-bond acceptors (Lipinski definition) is 2. The Morgan fingerprint density at radius 1 is 1.12 bits per heavy atom. The largest absolute Gasteiger partial charge is 0.312 e. The van der Waals surface area contributed by atoms with E-state index >= 15 is 0 Å². The highest BCUT2D eigenvalue weighted by Gasteiger charge is 2.33. The molecule has 0 aromatic heterocycles. The zero-order valence-electron chi connectivity index (χ0n) is 10.4. The minimum atomic E-state index is 0.735. The van der Waals surface area contributed by atoms with Crippen molar-refractivity contribution in [2.75, 3.05) is 19.6 Å². The van der Waals surface area contributed by atoms with Crippen LogP contribution in [0, 0.1) is 0 Å². The van der Waals surface area contributed by atoms with Gasteiger partial charge < -0.3 is 5.32 Å². The third-order valence-electron chi connectivity index (χ3n) is 3.97. The number of nitrogens with one attached hydrogen (secondary N) is 1. The van der Waals surface area contributed by atoms with Gasteiger partial charge in [-0.1, -0.05) is 30.3 Å². The zero-order chi connectivity index (χ0) is 11.5. The van der Waals surface area contributed by atoms with Gasteiger partial charge in [-0.05, 0) is 37.8 Å². The van der Waals surface area contributed by atoms with E-state index in [4.69, 9.17) is 0 Å². The molecule has 1 saturated carbocycles. The van der Waals surface area contributed by atoms with Crippen LogP contribution in [0.3, 0.4) is 0 Å². The molecule has 1 heterocycles. The molecule has 1 atom stereocenters. The molecular formula is C15H22N2. The predicted molar refractivity (Wildman–Crippen MR) is 71.1 cm³/mol.